The van der Waals surface area contributed by atoms with Crippen molar-refractivity contribution in [3.05, 3.63) is 87.9 Å². The van der Waals surface area contributed by atoms with Crippen molar-refractivity contribution < 1.29 is 19.5 Å². The summed E-state index contributed by atoms with van der Waals surface area (Å²) >= 11 is 12.5. The second kappa shape index (κ2) is 12.9. The second-order valence-corrected chi connectivity index (χ2v) is 10.5. The first-order valence-electron chi connectivity index (χ1n) is 12.7. The van der Waals surface area contributed by atoms with Gasteiger partial charge in [0.25, 0.3) is 5.91 Å². The molecule has 0 aromatic heterocycles. The fraction of sp³-hybridized carbons (Fsp3) is 0.300. The van der Waals surface area contributed by atoms with Crippen molar-refractivity contribution in [2.75, 3.05) is 11.9 Å². The highest BCUT2D eigenvalue weighted by Crippen LogP contribution is 2.37. The van der Waals surface area contributed by atoms with E-state index in [0.717, 1.165) is 36.8 Å². The van der Waals surface area contributed by atoms with Crippen LogP contribution in [-0.2, 0) is 9.59 Å². The van der Waals surface area contributed by atoms with Crippen LogP contribution in [-0.4, -0.2) is 29.4 Å². The summed E-state index contributed by atoms with van der Waals surface area (Å²) in [6.07, 6.45) is 4.24. The second-order valence-electron chi connectivity index (χ2n) is 9.67. The zero-order chi connectivity index (χ0) is 27.1. The van der Waals surface area contributed by atoms with Crippen molar-refractivity contribution in [3.8, 4) is 11.1 Å². The van der Waals surface area contributed by atoms with E-state index in [1.807, 2.05) is 24.3 Å². The van der Waals surface area contributed by atoms with E-state index in [2.05, 4.69) is 10.6 Å². The maximum absolute atomic E-state index is 12.5. The Morgan fingerprint density at radius 1 is 0.842 bits per heavy atom. The van der Waals surface area contributed by atoms with E-state index in [1.54, 1.807) is 42.5 Å². The number of halogens is 2. The molecule has 1 saturated carbocycles. The van der Waals surface area contributed by atoms with E-state index in [-0.39, 0.29) is 37.1 Å². The lowest BCUT2D eigenvalue weighted by Crippen LogP contribution is -2.27. The predicted octanol–water partition coefficient (Wildman–Crippen LogP) is 7.17. The van der Waals surface area contributed by atoms with Gasteiger partial charge in [0.1, 0.15) is 0 Å². The number of carbonyl (C=O) groups excluding carboxylic acids is 2. The van der Waals surface area contributed by atoms with Crippen LogP contribution >= 0.6 is 23.2 Å². The van der Waals surface area contributed by atoms with Crippen molar-refractivity contribution in [1.82, 2.24) is 5.32 Å². The number of carboxylic acid groups (broad SMARTS) is 1. The molecular formula is C30H30Cl2N2O4. The Bertz CT molecular complexity index is 1260. The van der Waals surface area contributed by atoms with Crippen LogP contribution in [0.3, 0.4) is 0 Å². The summed E-state index contributed by atoms with van der Waals surface area (Å²) in [4.78, 5) is 35.8. The highest BCUT2D eigenvalue weighted by Gasteiger charge is 2.24. The van der Waals surface area contributed by atoms with Gasteiger partial charge < -0.3 is 15.7 Å². The largest absolute Gasteiger partial charge is 0.481 e. The molecule has 1 aliphatic carbocycles. The Kier molecular flexibility index (Phi) is 9.43. The molecule has 0 aliphatic heterocycles. The molecule has 0 radical (unpaired) electrons. The SMILES string of the molecule is O=C(O)CC1CCC(c2ccc(NC(=O)CCNC(=O)c3ccc(-c4c(Cl)cccc4Cl)cc3)cc2)CC1. The number of rotatable bonds is 9. The predicted molar refractivity (Wildman–Crippen MR) is 151 cm³/mol. The summed E-state index contributed by atoms with van der Waals surface area (Å²) in [5.41, 5.74) is 3.93. The Morgan fingerprint density at radius 3 is 2.08 bits per heavy atom. The topological polar surface area (TPSA) is 95.5 Å². The molecule has 2 amide bonds. The van der Waals surface area contributed by atoms with Crippen molar-refractivity contribution in [1.29, 1.82) is 0 Å². The molecule has 0 bridgehead atoms. The van der Waals surface area contributed by atoms with Crippen LogP contribution in [0.1, 0.15) is 60.4 Å². The average Bonchev–Trinajstić information content (AvgIpc) is 2.89. The number of hydrogen-bond acceptors (Lipinski definition) is 3. The lowest BCUT2D eigenvalue weighted by molar-refractivity contribution is -0.138. The van der Waals surface area contributed by atoms with Gasteiger partial charge in [0, 0.05) is 46.2 Å². The van der Waals surface area contributed by atoms with Crippen LogP contribution in [0.15, 0.2) is 66.7 Å². The van der Waals surface area contributed by atoms with Crippen molar-refractivity contribution in [3.63, 3.8) is 0 Å². The van der Waals surface area contributed by atoms with Gasteiger partial charge in [0.2, 0.25) is 5.91 Å². The van der Waals surface area contributed by atoms with E-state index < -0.39 is 5.97 Å². The normalized spacial score (nSPS) is 17.0. The molecule has 38 heavy (non-hydrogen) atoms. The van der Waals surface area contributed by atoms with Gasteiger partial charge in [-0.2, -0.15) is 0 Å². The maximum atomic E-state index is 12.5. The molecule has 3 N–H and O–H groups in total. The number of amides is 2. The van der Waals surface area contributed by atoms with Gasteiger partial charge in [-0.05, 0) is 85.0 Å². The zero-order valence-corrected chi connectivity index (χ0v) is 22.4. The van der Waals surface area contributed by atoms with Gasteiger partial charge in [-0.25, -0.2) is 0 Å². The van der Waals surface area contributed by atoms with E-state index in [4.69, 9.17) is 28.3 Å². The summed E-state index contributed by atoms with van der Waals surface area (Å²) in [6.45, 7) is 0.209. The Morgan fingerprint density at radius 2 is 1.47 bits per heavy atom. The molecule has 0 saturated heterocycles. The van der Waals surface area contributed by atoms with E-state index >= 15 is 0 Å². The Labute approximate surface area is 232 Å². The van der Waals surface area contributed by atoms with Gasteiger partial charge in [-0.3, -0.25) is 14.4 Å². The quantitative estimate of drug-likeness (QED) is 0.262. The molecule has 198 valence electrons. The molecule has 6 nitrogen and oxygen atoms in total. The molecule has 0 atom stereocenters. The van der Waals surface area contributed by atoms with Gasteiger partial charge in [-0.15, -0.1) is 0 Å². The smallest absolute Gasteiger partial charge is 0.303 e. The lowest BCUT2D eigenvalue weighted by Gasteiger charge is -2.28. The number of benzene rings is 3. The number of nitrogens with one attached hydrogen (secondary N) is 2. The van der Waals surface area contributed by atoms with Crippen molar-refractivity contribution >= 4 is 46.7 Å². The number of hydrogen-bond donors (Lipinski definition) is 3. The van der Waals surface area contributed by atoms with Crippen LogP contribution < -0.4 is 10.6 Å². The lowest BCUT2D eigenvalue weighted by atomic mass is 9.77. The van der Waals surface area contributed by atoms with Crippen LogP contribution in [0.2, 0.25) is 10.0 Å². The van der Waals surface area contributed by atoms with Crippen LogP contribution in [0.25, 0.3) is 11.1 Å². The van der Waals surface area contributed by atoms with Crippen LogP contribution in [0.4, 0.5) is 5.69 Å². The minimum atomic E-state index is -0.720. The summed E-state index contributed by atoms with van der Waals surface area (Å²) in [7, 11) is 0. The summed E-state index contributed by atoms with van der Waals surface area (Å²) in [6, 6.07) is 20.1. The Balaban J connectivity index is 1.21. The van der Waals surface area contributed by atoms with E-state index in [0.29, 0.717) is 27.2 Å². The van der Waals surface area contributed by atoms with Crippen molar-refractivity contribution in [2.45, 2.75) is 44.4 Å². The highest BCUT2D eigenvalue weighted by atomic mass is 35.5. The number of carboxylic acids is 1. The summed E-state index contributed by atoms with van der Waals surface area (Å²) in [5, 5.41) is 15.7. The molecule has 0 spiro atoms. The number of anilines is 1. The van der Waals surface area contributed by atoms with Crippen LogP contribution in [0.5, 0.6) is 0 Å². The highest BCUT2D eigenvalue weighted by molar-refractivity contribution is 6.39. The maximum Gasteiger partial charge on any atom is 0.303 e. The molecule has 0 heterocycles. The molecule has 1 fully saturated rings. The Hall–Kier alpha value is -3.35. The minimum Gasteiger partial charge on any atom is -0.481 e. The standard InChI is InChI=1S/C30H30Cl2N2O4/c31-25-2-1-3-26(32)29(25)22-8-10-23(11-9-22)30(38)33-17-16-27(35)34-24-14-12-21(13-15-24)20-6-4-19(5-7-20)18-28(36)37/h1-3,8-15,19-20H,4-7,16-18H2,(H,33,38)(H,34,35)(H,36,37). The third-order valence-electron chi connectivity index (χ3n) is 7.01. The summed E-state index contributed by atoms with van der Waals surface area (Å²) in [5.74, 6) is -0.472. The molecule has 4 rings (SSSR count). The van der Waals surface area contributed by atoms with E-state index in [1.165, 1.54) is 5.56 Å². The monoisotopic (exact) mass is 552 g/mol. The fourth-order valence-electron chi connectivity index (χ4n) is 4.96. The van der Waals surface area contributed by atoms with Crippen molar-refractivity contribution in [2.24, 2.45) is 5.92 Å². The molecule has 3 aromatic rings. The molecule has 3 aromatic carbocycles. The van der Waals surface area contributed by atoms with Gasteiger partial charge in [-0.1, -0.05) is 53.5 Å². The third kappa shape index (κ3) is 7.36. The molecule has 8 heteroatoms. The first-order valence-corrected chi connectivity index (χ1v) is 13.5. The van der Waals surface area contributed by atoms with Crippen LogP contribution in [0, 0.1) is 5.92 Å². The number of aliphatic carboxylic acids is 1. The average molecular weight is 553 g/mol. The van der Waals surface area contributed by atoms with E-state index in [9.17, 15) is 14.4 Å². The molecule has 0 unspecified atom stereocenters. The van der Waals surface area contributed by atoms with Gasteiger partial charge >= 0.3 is 5.97 Å². The zero-order valence-electron chi connectivity index (χ0n) is 20.9. The first-order chi connectivity index (χ1) is 18.3. The third-order valence-corrected chi connectivity index (χ3v) is 7.64. The van der Waals surface area contributed by atoms with Gasteiger partial charge in [0.05, 0.1) is 0 Å². The fourth-order valence-corrected chi connectivity index (χ4v) is 5.58. The molecule has 1 aliphatic rings. The first kappa shape index (κ1) is 27.7. The van der Waals surface area contributed by atoms with Gasteiger partial charge in [0.15, 0.2) is 0 Å². The number of carbonyl (C=O) groups is 3. The minimum absolute atomic E-state index is 0.147. The summed E-state index contributed by atoms with van der Waals surface area (Å²) < 4.78 is 0. The molecular weight excluding hydrogens is 523 g/mol.